The number of amides is 1. The van der Waals surface area contributed by atoms with Gasteiger partial charge in [0.1, 0.15) is 23.6 Å². The Balaban J connectivity index is 0.949. The van der Waals surface area contributed by atoms with Crippen LogP contribution in [-0.2, 0) is 20.1 Å². The zero-order valence-electron chi connectivity index (χ0n) is 39.6. The van der Waals surface area contributed by atoms with E-state index in [1.165, 1.54) is 28.8 Å². The molecule has 4 aliphatic rings. The van der Waals surface area contributed by atoms with Gasteiger partial charge < -0.3 is 29.4 Å². The van der Waals surface area contributed by atoms with Crippen LogP contribution in [0.3, 0.4) is 0 Å². The third-order valence-corrected chi connectivity index (χ3v) is 18.3. The lowest BCUT2D eigenvalue weighted by atomic mass is 9.72. The molecular weight excluding hydrogens is 938 g/mol. The first-order valence-corrected chi connectivity index (χ1v) is 27.7. The lowest BCUT2D eigenvalue weighted by Gasteiger charge is -2.39. The van der Waals surface area contributed by atoms with Gasteiger partial charge in [0.2, 0.25) is 5.88 Å². The summed E-state index contributed by atoms with van der Waals surface area (Å²) in [6.45, 7) is 13.6. The first-order chi connectivity index (χ1) is 32.9. The number of benzene rings is 3. The number of anilines is 4. The van der Waals surface area contributed by atoms with Gasteiger partial charge in [-0.05, 0) is 123 Å². The average Bonchev–Trinajstić information content (AvgIpc) is 3.78. The van der Waals surface area contributed by atoms with Crippen molar-refractivity contribution in [3.63, 3.8) is 0 Å². The highest BCUT2D eigenvalue weighted by molar-refractivity contribution is 7.99. The van der Waals surface area contributed by atoms with Crippen LogP contribution in [0.5, 0.6) is 5.88 Å². The number of allylic oxidation sites excluding steroid dienone is 1. The number of nitrogens with zero attached hydrogens (tertiary/aromatic N) is 6. The van der Waals surface area contributed by atoms with Gasteiger partial charge in [0.05, 0.1) is 33.7 Å². The predicted octanol–water partition coefficient (Wildman–Crippen LogP) is 9.33. The number of rotatable bonds is 13. The Morgan fingerprint density at radius 3 is 2.51 bits per heavy atom. The van der Waals surface area contributed by atoms with E-state index in [0.29, 0.717) is 47.5 Å². The number of carbonyl (C=O) groups is 1. The maximum Gasteiger partial charge on any atom is 0.293 e. The molecule has 5 heterocycles. The smallest absolute Gasteiger partial charge is 0.293 e. The Morgan fingerprint density at radius 2 is 1.78 bits per heavy atom. The van der Waals surface area contributed by atoms with Gasteiger partial charge in [-0.3, -0.25) is 24.2 Å². The van der Waals surface area contributed by atoms with Crippen molar-refractivity contribution in [2.45, 2.75) is 70.7 Å². The summed E-state index contributed by atoms with van der Waals surface area (Å²) in [6.07, 6.45) is 6.44. The van der Waals surface area contributed by atoms with Gasteiger partial charge in [0.15, 0.2) is 0 Å². The van der Waals surface area contributed by atoms with Crippen LogP contribution in [-0.4, -0.2) is 109 Å². The molecule has 3 aliphatic heterocycles. The minimum Gasteiger partial charge on any atom is -0.474 e. The number of nitrogens with one attached hydrogen (secondary N) is 3. The predicted molar refractivity (Wildman–Crippen MR) is 277 cm³/mol. The molecule has 2 saturated heterocycles. The number of carbonyl (C=O) groups excluding carboxylic acids is 1. The number of nitro groups is 1. The van der Waals surface area contributed by atoms with Crippen molar-refractivity contribution >= 4 is 82.7 Å². The molecule has 0 unspecified atom stereocenters. The number of piperazine rings is 1. The van der Waals surface area contributed by atoms with E-state index in [9.17, 15) is 27.9 Å². The van der Waals surface area contributed by atoms with Crippen LogP contribution in [0.1, 0.15) is 75.7 Å². The highest BCUT2D eigenvalue weighted by Gasteiger charge is 2.33. The molecule has 0 atom stereocenters. The van der Waals surface area contributed by atoms with Gasteiger partial charge >= 0.3 is 0 Å². The van der Waals surface area contributed by atoms with Gasteiger partial charge in [-0.15, -0.1) is 10.1 Å². The molecule has 1 aliphatic carbocycles. The highest BCUT2D eigenvalue weighted by atomic mass is 35.5. The van der Waals surface area contributed by atoms with Gasteiger partial charge in [-0.1, -0.05) is 43.2 Å². The molecule has 5 aromatic rings. The fraction of sp³-hybridized carbons (Fsp3) is 0.440. The molecule has 19 heteroatoms. The van der Waals surface area contributed by atoms with Gasteiger partial charge in [0, 0.05) is 79.1 Å². The number of pyridine rings is 1. The van der Waals surface area contributed by atoms with E-state index in [0.717, 1.165) is 87.0 Å². The number of hydrogen-bond donors (Lipinski definition) is 5. The quantitative estimate of drug-likeness (QED) is 0.0426. The third-order valence-electron chi connectivity index (χ3n) is 13.9. The van der Waals surface area contributed by atoms with Crippen LogP contribution in [0, 0.1) is 21.4 Å². The van der Waals surface area contributed by atoms with Crippen molar-refractivity contribution in [3.05, 3.63) is 111 Å². The molecule has 368 valence electrons. The molecule has 0 bridgehead atoms. The minimum atomic E-state index is -4.60. The zero-order chi connectivity index (χ0) is 48.7. The second-order valence-corrected chi connectivity index (χ2v) is 24.9. The molecule has 0 radical (unpaired) electrons. The van der Waals surface area contributed by atoms with Gasteiger partial charge in [0.25, 0.3) is 21.6 Å². The van der Waals surface area contributed by atoms with Crippen molar-refractivity contribution in [2.24, 2.45) is 15.7 Å². The molecule has 69 heavy (non-hydrogen) atoms. The molecule has 0 spiro atoms. The fourth-order valence-corrected chi connectivity index (χ4v) is 14.1. The topological polar surface area (TPSA) is 199 Å². The van der Waals surface area contributed by atoms with Crippen molar-refractivity contribution < 1.29 is 27.4 Å². The molecule has 4 N–H and O–H groups in total. The van der Waals surface area contributed by atoms with Crippen LogP contribution in [0.2, 0.25) is 5.02 Å². The summed E-state index contributed by atoms with van der Waals surface area (Å²) in [5, 5.41) is 17.1. The van der Waals surface area contributed by atoms with Crippen LogP contribution >= 0.6 is 11.6 Å². The summed E-state index contributed by atoms with van der Waals surface area (Å²) < 4.78 is 51.8. The largest absolute Gasteiger partial charge is 0.474 e. The van der Waals surface area contributed by atoms with E-state index < -0.39 is 41.5 Å². The normalized spacial score (nSPS) is 20.0. The van der Waals surface area contributed by atoms with Crippen molar-refractivity contribution in [2.75, 3.05) is 79.0 Å². The van der Waals surface area contributed by atoms with E-state index in [2.05, 4.69) is 55.2 Å². The molecule has 2 aromatic heterocycles. The first-order valence-electron chi connectivity index (χ1n) is 23.8. The minimum absolute atomic E-state index is 0.0519. The van der Waals surface area contributed by atoms with Crippen LogP contribution in [0.25, 0.3) is 16.6 Å². The monoisotopic (exact) mass is 999 g/mol. The summed E-state index contributed by atoms with van der Waals surface area (Å²) in [7, 11) is -6.93. The summed E-state index contributed by atoms with van der Waals surface area (Å²) >= 11 is 6.27. The van der Waals surface area contributed by atoms with Crippen LogP contribution < -0.4 is 24.6 Å². The Kier molecular flexibility index (Phi) is 13.8. The van der Waals surface area contributed by atoms with E-state index in [4.69, 9.17) is 21.3 Å². The number of hydrogen-bond acceptors (Lipinski definition) is 12. The average molecular weight is 1000 g/mol. The second kappa shape index (κ2) is 19.7. The number of ether oxygens (including phenoxy) is 1. The number of aromatic nitrogens is 2. The number of H-pyrrole nitrogens is 1. The van der Waals surface area contributed by atoms with E-state index >= 15 is 0 Å². The van der Waals surface area contributed by atoms with Gasteiger partial charge in [-0.2, -0.15) is 4.98 Å². The van der Waals surface area contributed by atoms with Crippen LogP contribution in [0.15, 0.2) is 93.8 Å². The summed E-state index contributed by atoms with van der Waals surface area (Å²) in [4.78, 5) is 40.2. The lowest BCUT2D eigenvalue weighted by molar-refractivity contribution is -0.384. The SMILES string of the molecule is CC(C)N=[SH]1(O)CCC(CNc2ccc(S(=O)(=O)NC(=O)c3ccc(N4CCN(CC5=C(c6ccc(Cl)cc6)CC(C)(C)CC5)CC4)cc3N3CCOc4nc5[nH]ccc5cc43)cc2[N+](=O)[O-])CC1. The number of aromatic amines is 1. The fourth-order valence-electron chi connectivity index (χ4n) is 10.1. The maximum absolute atomic E-state index is 14.4. The van der Waals surface area contributed by atoms with Crippen molar-refractivity contribution in [3.8, 4) is 5.88 Å². The number of fused-ring (bicyclic) bond motifs is 2. The molecule has 9 rings (SSSR count). The summed E-state index contributed by atoms with van der Waals surface area (Å²) in [5.74, 6) is 0.862. The van der Waals surface area contributed by atoms with E-state index in [-0.39, 0.29) is 35.2 Å². The number of nitro benzene ring substituents is 1. The Hall–Kier alpha value is -5.53. The molecule has 16 nitrogen and oxygen atoms in total. The number of thiol groups is 1. The number of sulfonamides is 1. The molecule has 1 amide bonds. The standard InChI is InChI=1S/C50H62ClN9O7S2/c1-33(2)55-68(64)25-15-34(16-26-68)31-53-43-12-10-40(29-45(43)60(62)63)69(65,66)56-48(61)41-11-9-39(28-44(41)59-23-24-67-49-46(59)27-36-14-18-52-47(36)54-49)58-21-19-57(20-22-58)32-37-13-17-50(3,4)30-42(37)35-5-7-38(51)8-6-35/h5-12,14,18,27-29,33-34,53,68H,13,15-17,19-26,30-32H2,1-4H3,(H,52,54)(H,55,64)(H,56,61). The highest BCUT2D eigenvalue weighted by Crippen LogP contribution is 2.44. The molecular formula is C50H62ClN9O7S2. The molecule has 2 fully saturated rings. The van der Waals surface area contributed by atoms with Crippen LogP contribution in [0.4, 0.5) is 28.4 Å². The van der Waals surface area contributed by atoms with Crippen molar-refractivity contribution in [1.29, 1.82) is 0 Å². The Bertz CT molecular complexity index is 2960. The van der Waals surface area contributed by atoms with Gasteiger partial charge in [-0.25, -0.2) is 13.1 Å². The van der Waals surface area contributed by atoms with E-state index in [1.54, 1.807) is 12.3 Å². The summed E-state index contributed by atoms with van der Waals surface area (Å²) in [5.41, 5.74) is 6.79. The zero-order valence-corrected chi connectivity index (χ0v) is 42.0. The van der Waals surface area contributed by atoms with E-state index in [1.807, 2.05) is 55.1 Å². The third kappa shape index (κ3) is 10.9. The Morgan fingerprint density at radius 1 is 1.03 bits per heavy atom. The number of halogens is 1. The molecule has 3 aromatic carbocycles. The Labute approximate surface area is 409 Å². The molecule has 0 saturated carbocycles. The lowest BCUT2D eigenvalue weighted by Crippen LogP contribution is -2.47. The van der Waals surface area contributed by atoms with Crippen molar-refractivity contribution in [1.82, 2.24) is 19.6 Å². The first kappa shape index (κ1) is 48.5. The maximum atomic E-state index is 14.4. The second-order valence-electron chi connectivity index (χ2n) is 19.9. The summed E-state index contributed by atoms with van der Waals surface area (Å²) in [6, 6.07) is 21.1.